The summed E-state index contributed by atoms with van der Waals surface area (Å²) in [6, 6.07) is 0. The summed E-state index contributed by atoms with van der Waals surface area (Å²) in [5.41, 5.74) is 5.13. The van der Waals surface area contributed by atoms with E-state index in [1.807, 2.05) is 0 Å². The highest BCUT2D eigenvalue weighted by Crippen LogP contribution is 2.24. The van der Waals surface area contributed by atoms with Crippen molar-refractivity contribution in [3.8, 4) is 0 Å². The molecule has 0 fully saturated rings. The maximum Gasteiger partial charge on any atom is 0.334 e. The Morgan fingerprint density at radius 1 is 1.64 bits per heavy atom. The van der Waals surface area contributed by atoms with E-state index < -0.39 is 19.7 Å². The number of hydrogen-bond donors (Lipinski definition) is 2. The number of aliphatic carboxylic acids is 1. The molecule has 0 heterocycles. The molecule has 11 heavy (non-hydrogen) atoms. The molecule has 0 amide bonds. The van der Waals surface area contributed by atoms with Gasteiger partial charge in [-0.2, -0.15) is 0 Å². The predicted octanol–water partition coefficient (Wildman–Crippen LogP) is -0.561. The van der Waals surface area contributed by atoms with Crippen molar-refractivity contribution in [3.05, 3.63) is 0 Å². The van der Waals surface area contributed by atoms with Gasteiger partial charge in [-0.25, -0.2) is 13.2 Å². The van der Waals surface area contributed by atoms with E-state index in [1.165, 1.54) is 0 Å². The lowest BCUT2D eigenvalue weighted by atomic mass is 10.4. The average molecular weight is 199 g/mol. The van der Waals surface area contributed by atoms with Gasteiger partial charge < -0.3 is 10.8 Å². The molecule has 0 saturated carbocycles. The fourth-order valence-corrected chi connectivity index (χ4v) is 3.15. The van der Waals surface area contributed by atoms with Gasteiger partial charge in [-0.15, -0.1) is 0 Å². The first-order valence-electron chi connectivity index (χ1n) is 2.58. The first-order valence-corrected chi connectivity index (χ1v) is 5.80. The van der Waals surface area contributed by atoms with Crippen LogP contribution in [0.15, 0.2) is 0 Å². The van der Waals surface area contributed by atoms with Crippen molar-refractivity contribution >= 4 is 25.6 Å². The molecule has 0 rings (SSSR count). The smallest absolute Gasteiger partial charge is 0.334 e. The molecule has 0 aromatic rings. The first-order chi connectivity index (χ1) is 4.65. The third-order valence-corrected chi connectivity index (χ3v) is 3.52. The Labute approximate surface area is 68.3 Å². The van der Waals surface area contributed by atoms with Gasteiger partial charge in [-0.1, -0.05) is 0 Å². The van der Waals surface area contributed by atoms with Crippen LogP contribution in [0.1, 0.15) is 6.92 Å². The van der Waals surface area contributed by atoms with E-state index in [2.05, 4.69) is 0 Å². The Morgan fingerprint density at radius 3 is 2.09 bits per heavy atom. The molecule has 0 bridgehead atoms. The first kappa shape index (κ1) is 10.7. The average Bonchev–Trinajstić information content (AvgIpc) is 1.56. The van der Waals surface area contributed by atoms with Gasteiger partial charge in [0.05, 0.1) is 0 Å². The highest BCUT2D eigenvalue weighted by atomic mass is 33.1. The summed E-state index contributed by atoms with van der Waals surface area (Å²) in [5, 5.41) is 8.39. The van der Waals surface area contributed by atoms with Gasteiger partial charge >= 0.3 is 5.97 Å². The van der Waals surface area contributed by atoms with Gasteiger partial charge in [0, 0.05) is 17.0 Å². The van der Waals surface area contributed by atoms with Crippen molar-refractivity contribution < 1.29 is 18.3 Å². The van der Waals surface area contributed by atoms with Gasteiger partial charge in [-0.3, -0.25) is 0 Å². The van der Waals surface area contributed by atoms with E-state index in [9.17, 15) is 13.2 Å². The lowest BCUT2D eigenvalue weighted by Crippen LogP contribution is -2.42. The summed E-state index contributed by atoms with van der Waals surface area (Å²) >= 11 is 0. The molecule has 1 atom stereocenters. The third kappa shape index (κ3) is 4.23. The van der Waals surface area contributed by atoms with Crippen molar-refractivity contribution in [3.63, 3.8) is 0 Å². The largest absolute Gasteiger partial charge is 0.479 e. The summed E-state index contributed by atoms with van der Waals surface area (Å²) in [7, 11) is -3.20. The van der Waals surface area contributed by atoms with E-state index in [1.54, 1.807) is 0 Å². The second kappa shape index (κ2) is 3.00. The molecule has 0 spiro atoms. The molecule has 0 aliphatic carbocycles. The van der Waals surface area contributed by atoms with E-state index in [-0.39, 0.29) is 10.8 Å². The molecule has 1 unspecified atom stereocenters. The monoisotopic (exact) mass is 199 g/mol. The third-order valence-electron chi connectivity index (χ3n) is 0.749. The molecule has 0 aromatic heterocycles. The second-order valence-corrected chi connectivity index (χ2v) is 6.94. The Hall–Kier alpha value is -0.270. The lowest BCUT2D eigenvalue weighted by molar-refractivity contribution is -0.139. The Morgan fingerprint density at radius 2 is 2.00 bits per heavy atom. The minimum absolute atomic E-state index is 0.218. The van der Waals surface area contributed by atoms with Gasteiger partial charge in [0.2, 0.25) is 8.87 Å². The van der Waals surface area contributed by atoms with E-state index in [0.29, 0.717) is 0 Å². The van der Waals surface area contributed by atoms with Crippen LogP contribution >= 0.6 is 10.8 Å². The Balaban J connectivity index is 4.51. The maximum absolute atomic E-state index is 10.6. The fourth-order valence-electron chi connectivity index (χ4n) is 0.350. The molecule has 66 valence electrons. The van der Waals surface area contributed by atoms with Crippen LogP contribution in [-0.2, 0) is 13.7 Å². The minimum Gasteiger partial charge on any atom is -0.479 e. The molecule has 3 N–H and O–H groups in total. The molecular weight excluding hydrogens is 190 g/mol. The van der Waals surface area contributed by atoms with Crippen LogP contribution in [0.4, 0.5) is 0 Å². The zero-order valence-electron chi connectivity index (χ0n) is 6.07. The van der Waals surface area contributed by atoms with Crippen LogP contribution < -0.4 is 5.73 Å². The van der Waals surface area contributed by atoms with Crippen LogP contribution in [-0.4, -0.2) is 30.6 Å². The van der Waals surface area contributed by atoms with Crippen LogP contribution in [0.25, 0.3) is 0 Å². The van der Waals surface area contributed by atoms with Crippen LogP contribution in [0.5, 0.6) is 0 Å². The SMILES string of the molecule is CC(N)(SS(C)(=O)=O)C(=O)O. The normalized spacial score (nSPS) is 17.4. The Kier molecular flexibility index (Phi) is 2.92. The molecule has 0 aliphatic rings. The molecule has 0 radical (unpaired) electrons. The molecule has 0 aromatic carbocycles. The zero-order valence-corrected chi connectivity index (χ0v) is 7.70. The summed E-state index contributed by atoms with van der Waals surface area (Å²) in [4.78, 5) is 8.52. The van der Waals surface area contributed by atoms with Crippen molar-refractivity contribution in [1.82, 2.24) is 0 Å². The van der Waals surface area contributed by atoms with E-state index in [4.69, 9.17) is 10.8 Å². The number of rotatable bonds is 3. The Bertz CT molecular complexity index is 255. The molecule has 7 heteroatoms. The summed E-state index contributed by atoms with van der Waals surface area (Å²) in [5.74, 6) is -1.35. The highest BCUT2D eigenvalue weighted by molar-refractivity contribution is 8.72. The maximum atomic E-state index is 10.6. The molecule has 0 aliphatic heterocycles. The number of carboxylic acid groups (broad SMARTS) is 1. The van der Waals surface area contributed by atoms with Crippen LogP contribution in [0.3, 0.4) is 0 Å². The fraction of sp³-hybridized carbons (Fsp3) is 0.750. The van der Waals surface area contributed by atoms with Gasteiger partial charge in [-0.05, 0) is 6.92 Å². The second-order valence-electron chi connectivity index (χ2n) is 2.20. The highest BCUT2D eigenvalue weighted by Gasteiger charge is 2.33. The zero-order chi connectivity index (χ0) is 9.28. The topological polar surface area (TPSA) is 97.5 Å². The number of carboxylic acids is 1. The summed E-state index contributed by atoms with van der Waals surface area (Å²) in [6.07, 6.45) is 0.908. The number of carbonyl (C=O) groups is 1. The van der Waals surface area contributed by atoms with Gasteiger partial charge in [0.15, 0.2) is 4.87 Å². The number of nitrogens with two attached hydrogens (primary N) is 1. The summed E-state index contributed by atoms with van der Waals surface area (Å²) in [6.45, 7) is 1.13. The molecule has 5 nitrogen and oxygen atoms in total. The van der Waals surface area contributed by atoms with Crippen LogP contribution in [0.2, 0.25) is 0 Å². The van der Waals surface area contributed by atoms with Crippen molar-refractivity contribution in [2.75, 3.05) is 6.26 Å². The predicted molar refractivity (Wildman–Crippen MR) is 42.7 cm³/mol. The molecule has 0 saturated heterocycles. The van der Waals surface area contributed by atoms with Crippen molar-refractivity contribution in [1.29, 1.82) is 0 Å². The number of hydrogen-bond acceptors (Lipinski definition) is 5. The van der Waals surface area contributed by atoms with E-state index in [0.717, 1.165) is 13.2 Å². The standard InChI is InChI=1S/C4H9NO4S2/c1-4(5,3(6)7)10-11(2,8)9/h5H2,1-2H3,(H,6,7). The van der Waals surface area contributed by atoms with Crippen molar-refractivity contribution in [2.45, 2.75) is 11.8 Å². The van der Waals surface area contributed by atoms with E-state index >= 15 is 0 Å². The van der Waals surface area contributed by atoms with Crippen molar-refractivity contribution in [2.24, 2.45) is 5.73 Å². The quantitative estimate of drug-likeness (QED) is 0.467. The minimum atomic E-state index is -3.42. The summed E-state index contributed by atoms with van der Waals surface area (Å²) < 4.78 is 21.1. The molecular formula is C4H9NO4S2. The van der Waals surface area contributed by atoms with Gasteiger partial charge in [0.25, 0.3) is 0 Å². The van der Waals surface area contributed by atoms with Gasteiger partial charge in [0.1, 0.15) is 0 Å². The lowest BCUT2D eigenvalue weighted by Gasteiger charge is -2.15. The van der Waals surface area contributed by atoms with Crippen LogP contribution in [0, 0.1) is 0 Å².